The molecule has 0 amide bonds. The van der Waals surface area contributed by atoms with Crippen molar-refractivity contribution in [3.05, 3.63) is 85.1 Å². The zero-order chi connectivity index (χ0) is 21.8. The second-order valence-corrected chi connectivity index (χ2v) is 8.31. The molecule has 1 heterocycles. The topological polar surface area (TPSA) is 82.5 Å². The number of hydrogen-bond acceptors (Lipinski definition) is 5. The van der Waals surface area contributed by atoms with Crippen LogP contribution in [0.2, 0.25) is 0 Å². The Hall–Kier alpha value is -3.78. The monoisotopic (exact) mass is 435 g/mol. The number of benzene rings is 3. The van der Waals surface area contributed by atoms with Crippen molar-refractivity contribution in [3.8, 4) is 28.4 Å². The van der Waals surface area contributed by atoms with Gasteiger partial charge < -0.3 is 9.47 Å². The van der Waals surface area contributed by atoms with Crippen LogP contribution in [0.25, 0.3) is 16.9 Å². The summed E-state index contributed by atoms with van der Waals surface area (Å²) >= 11 is 0. The molecule has 0 atom stereocenters. The second-order valence-electron chi connectivity index (χ2n) is 6.66. The average Bonchev–Trinajstić information content (AvgIpc) is 3.27. The molecule has 158 valence electrons. The first-order chi connectivity index (χ1) is 15.0. The fourth-order valence-electron chi connectivity index (χ4n) is 3.15. The average molecular weight is 436 g/mol. The molecular formula is C23H21N3O4S. The van der Waals surface area contributed by atoms with E-state index >= 15 is 0 Å². The highest BCUT2D eigenvalue weighted by molar-refractivity contribution is 7.92. The van der Waals surface area contributed by atoms with Crippen molar-refractivity contribution in [3.63, 3.8) is 0 Å². The number of rotatable bonds is 7. The SMILES string of the molecule is COc1ccc(NS(=O)(=O)c2cn(-c3ccccc3)nc2-c2ccccc2)c(OC)c1. The van der Waals surface area contributed by atoms with Crippen molar-refractivity contribution in [2.24, 2.45) is 0 Å². The van der Waals surface area contributed by atoms with E-state index in [9.17, 15) is 8.42 Å². The van der Waals surface area contributed by atoms with Crippen LogP contribution in [0.4, 0.5) is 5.69 Å². The Morgan fingerprint density at radius 1 is 0.871 bits per heavy atom. The van der Waals surface area contributed by atoms with Crippen LogP contribution in [0, 0.1) is 0 Å². The van der Waals surface area contributed by atoms with Crippen molar-refractivity contribution in [2.75, 3.05) is 18.9 Å². The Bertz CT molecular complexity index is 1290. The molecule has 0 bridgehead atoms. The molecule has 0 radical (unpaired) electrons. The highest BCUT2D eigenvalue weighted by Crippen LogP contribution is 2.33. The molecule has 0 aliphatic carbocycles. The van der Waals surface area contributed by atoms with Gasteiger partial charge in [-0.05, 0) is 24.3 Å². The highest BCUT2D eigenvalue weighted by Gasteiger charge is 2.25. The van der Waals surface area contributed by atoms with Gasteiger partial charge >= 0.3 is 0 Å². The van der Waals surface area contributed by atoms with E-state index in [-0.39, 0.29) is 4.90 Å². The molecule has 4 rings (SSSR count). The van der Waals surface area contributed by atoms with Gasteiger partial charge in [0, 0.05) is 11.6 Å². The summed E-state index contributed by atoms with van der Waals surface area (Å²) in [4.78, 5) is 0.0559. The Morgan fingerprint density at radius 3 is 2.19 bits per heavy atom. The standard InChI is InChI=1S/C23H21N3O4S/c1-29-19-13-14-20(21(15-19)30-2)25-31(27,28)22-16-26(18-11-7-4-8-12-18)24-23(22)17-9-5-3-6-10-17/h3-16,25H,1-2H3. The first kappa shape index (κ1) is 20.5. The maximum absolute atomic E-state index is 13.4. The van der Waals surface area contributed by atoms with E-state index in [1.165, 1.54) is 20.4 Å². The molecule has 1 aromatic heterocycles. The van der Waals surface area contributed by atoms with Crippen LogP contribution in [0.3, 0.4) is 0 Å². The highest BCUT2D eigenvalue weighted by atomic mass is 32.2. The van der Waals surface area contributed by atoms with Crippen molar-refractivity contribution in [2.45, 2.75) is 4.90 Å². The minimum atomic E-state index is -3.99. The molecule has 1 N–H and O–H groups in total. The van der Waals surface area contributed by atoms with Gasteiger partial charge in [0.25, 0.3) is 10.0 Å². The minimum Gasteiger partial charge on any atom is -0.497 e. The molecule has 0 unspecified atom stereocenters. The minimum absolute atomic E-state index is 0.0559. The fourth-order valence-corrected chi connectivity index (χ4v) is 4.37. The summed E-state index contributed by atoms with van der Waals surface area (Å²) in [5.74, 6) is 0.904. The zero-order valence-corrected chi connectivity index (χ0v) is 17.8. The van der Waals surface area contributed by atoms with Crippen molar-refractivity contribution >= 4 is 15.7 Å². The number of methoxy groups -OCH3 is 2. The Labute approximate surface area is 180 Å². The third-order valence-electron chi connectivity index (χ3n) is 4.69. The number of anilines is 1. The predicted octanol–water partition coefficient (Wildman–Crippen LogP) is 4.36. The number of aromatic nitrogens is 2. The summed E-state index contributed by atoms with van der Waals surface area (Å²) in [5, 5.41) is 4.57. The molecule has 0 spiro atoms. The van der Waals surface area contributed by atoms with Gasteiger partial charge in [-0.25, -0.2) is 13.1 Å². The van der Waals surface area contributed by atoms with Gasteiger partial charge in [-0.3, -0.25) is 4.72 Å². The summed E-state index contributed by atoms with van der Waals surface area (Å²) < 4.78 is 41.5. The van der Waals surface area contributed by atoms with Crippen LogP contribution in [0.15, 0.2) is 90.0 Å². The lowest BCUT2D eigenvalue weighted by molar-refractivity contribution is 0.395. The van der Waals surface area contributed by atoms with Crippen LogP contribution in [-0.4, -0.2) is 32.4 Å². The Balaban J connectivity index is 1.81. The summed E-state index contributed by atoms with van der Waals surface area (Å²) in [6, 6.07) is 23.4. The molecule has 0 saturated carbocycles. The summed E-state index contributed by atoms with van der Waals surface area (Å²) in [6.07, 6.45) is 1.51. The molecule has 3 aromatic carbocycles. The molecule has 0 aliphatic rings. The van der Waals surface area contributed by atoms with E-state index in [0.29, 0.717) is 28.4 Å². The predicted molar refractivity (Wildman–Crippen MR) is 119 cm³/mol. The number of nitrogens with one attached hydrogen (secondary N) is 1. The first-order valence-electron chi connectivity index (χ1n) is 9.47. The largest absolute Gasteiger partial charge is 0.497 e. The van der Waals surface area contributed by atoms with Crippen LogP contribution < -0.4 is 14.2 Å². The van der Waals surface area contributed by atoms with Gasteiger partial charge in [0.05, 0.1) is 31.8 Å². The maximum atomic E-state index is 13.4. The smallest absolute Gasteiger partial charge is 0.265 e. The lowest BCUT2D eigenvalue weighted by atomic mass is 10.2. The van der Waals surface area contributed by atoms with E-state index in [1.807, 2.05) is 60.7 Å². The Kier molecular flexibility index (Phi) is 5.64. The van der Waals surface area contributed by atoms with Crippen molar-refractivity contribution in [1.82, 2.24) is 9.78 Å². The van der Waals surface area contributed by atoms with Gasteiger partial charge in [0.1, 0.15) is 22.1 Å². The Morgan fingerprint density at radius 2 is 1.55 bits per heavy atom. The third-order valence-corrected chi connectivity index (χ3v) is 6.06. The molecule has 31 heavy (non-hydrogen) atoms. The van der Waals surface area contributed by atoms with Gasteiger partial charge in [-0.1, -0.05) is 48.5 Å². The third kappa shape index (κ3) is 4.24. The van der Waals surface area contributed by atoms with Gasteiger partial charge in [0.2, 0.25) is 0 Å². The molecule has 0 fully saturated rings. The lowest BCUT2D eigenvalue weighted by Crippen LogP contribution is -2.14. The maximum Gasteiger partial charge on any atom is 0.265 e. The lowest BCUT2D eigenvalue weighted by Gasteiger charge is -2.13. The van der Waals surface area contributed by atoms with Crippen LogP contribution in [-0.2, 0) is 10.0 Å². The quantitative estimate of drug-likeness (QED) is 0.466. The van der Waals surface area contributed by atoms with Gasteiger partial charge in [-0.15, -0.1) is 0 Å². The number of hydrogen-bond donors (Lipinski definition) is 1. The summed E-state index contributed by atoms with van der Waals surface area (Å²) in [7, 11) is -0.987. The molecule has 0 aliphatic heterocycles. The first-order valence-corrected chi connectivity index (χ1v) is 11.0. The molecule has 7 nitrogen and oxygen atoms in total. The van der Waals surface area contributed by atoms with Gasteiger partial charge in [0.15, 0.2) is 0 Å². The second kappa shape index (κ2) is 8.53. The van der Waals surface area contributed by atoms with E-state index in [1.54, 1.807) is 22.9 Å². The summed E-state index contributed by atoms with van der Waals surface area (Å²) in [5.41, 5.74) is 2.10. The molecule has 8 heteroatoms. The van der Waals surface area contributed by atoms with E-state index in [0.717, 1.165) is 5.69 Å². The normalized spacial score (nSPS) is 11.2. The van der Waals surface area contributed by atoms with E-state index < -0.39 is 10.0 Å². The number of nitrogens with zero attached hydrogens (tertiary/aromatic N) is 2. The zero-order valence-electron chi connectivity index (χ0n) is 17.0. The molecular weight excluding hydrogens is 414 g/mol. The van der Waals surface area contributed by atoms with Crippen molar-refractivity contribution in [1.29, 1.82) is 0 Å². The van der Waals surface area contributed by atoms with Crippen molar-refractivity contribution < 1.29 is 17.9 Å². The number of para-hydroxylation sites is 1. The van der Waals surface area contributed by atoms with Crippen LogP contribution in [0.5, 0.6) is 11.5 Å². The molecule has 0 saturated heterocycles. The van der Waals surface area contributed by atoms with E-state index in [2.05, 4.69) is 9.82 Å². The number of ether oxygens (including phenoxy) is 2. The van der Waals surface area contributed by atoms with E-state index in [4.69, 9.17) is 9.47 Å². The van der Waals surface area contributed by atoms with Crippen LogP contribution >= 0.6 is 0 Å². The number of sulfonamides is 1. The fraction of sp³-hybridized carbons (Fsp3) is 0.0870. The summed E-state index contributed by atoms with van der Waals surface area (Å²) in [6.45, 7) is 0. The van der Waals surface area contributed by atoms with Crippen LogP contribution in [0.1, 0.15) is 0 Å². The van der Waals surface area contributed by atoms with Gasteiger partial charge in [-0.2, -0.15) is 5.10 Å². The molecule has 4 aromatic rings.